The van der Waals surface area contributed by atoms with Crippen molar-refractivity contribution < 1.29 is 17.9 Å². The van der Waals surface area contributed by atoms with Gasteiger partial charge >= 0.3 is 0 Å². The number of hydrogen-bond donors (Lipinski definition) is 0. The van der Waals surface area contributed by atoms with Gasteiger partial charge in [0.25, 0.3) is 10.0 Å². The zero-order valence-corrected chi connectivity index (χ0v) is 16.7. The summed E-state index contributed by atoms with van der Waals surface area (Å²) < 4.78 is 33.3. The van der Waals surface area contributed by atoms with Crippen LogP contribution in [0.25, 0.3) is 0 Å². The molecule has 0 saturated carbocycles. The normalized spacial score (nSPS) is 16.8. The molecule has 0 amide bonds. The molecule has 146 valence electrons. The standard InChI is InChI=1S/C21H22N2O4S/c1-15-5-8-17(9-6-15)28(25,26)23-13-11-21(24)19(4-3-12-22)18-10-7-16(27-2)14-20(18)23/h5-10,14,19H,3-4,11,13H2,1-2H3. The Balaban J connectivity index is 2.15. The van der Waals surface area contributed by atoms with Crippen LogP contribution in [0, 0.1) is 18.3 Å². The monoisotopic (exact) mass is 398 g/mol. The van der Waals surface area contributed by atoms with E-state index in [0.29, 0.717) is 23.4 Å². The Labute approximate surface area is 165 Å². The highest BCUT2D eigenvalue weighted by atomic mass is 32.2. The first-order chi connectivity index (χ1) is 13.4. The molecule has 0 aromatic heterocycles. The summed E-state index contributed by atoms with van der Waals surface area (Å²) >= 11 is 0. The lowest BCUT2D eigenvalue weighted by Gasteiger charge is -2.25. The fraction of sp³-hybridized carbons (Fsp3) is 0.333. The van der Waals surface area contributed by atoms with Gasteiger partial charge in [-0.3, -0.25) is 9.10 Å². The van der Waals surface area contributed by atoms with Crippen LogP contribution in [-0.2, 0) is 14.8 Å². The van der Waals surface area contributed by atoms with Crippen LogP contribution in [0.1, 0.15) is 36.3 Å². The van der Waals surface area contributed by atoms with E-state index in [0.717, 1.165) is 5.56 Å². The van der Waals surface area contributed by atoms with Crippen LogP contribution in [-0.4, -0.2) is 27.9 Å². The molecule has 7 heteroatoms. The van der Waals surface area contributed by atoms with Gasteiger partial charge in [-0.1, -0.05) is 23.8 Å². The number of fused-ring (bicyclic) bond motifs is 1. The Hall–Kier alpha value is -2.85. The van der Waals surface area contributed by atoms with Crippen molar-refractivity contribution in [1.82, 2.24) is 0 Å². The van der Waals surface area contributed by atoms with Crippen LogP contribution in [0.2, 0.25) is 0 Å². The lowest BCUT2D eigenvalue weighted by atomic mass is 9.89. The molecule has 0 fully saturated rings. The third-order valence-electron chi connectivity index (χ3n) is 4.99. The summed E-state index contributed by atoms with van der Waals surface area (Å²) in [5.74, 6) is -0.0433. The van der Waals surface area contributed by atoms with Gasteiger partial charge in [-0.15, -0.1) is 0 Å². The summed E-state index contributed by atoms with van der Waals surface area (Å²) in [5.41, 5.74) is 2.02. The lowest BCUT2D eigenvalue weighted by Crippen LogP contribution is -2.32. The highest BCUT2D eigenvalue weighted by molar-refractivity contribution is 7.92. The highest BCUT2D eigenvalue weighted by Gasteiger charge is 2.35. The van der Waals surface area contributed by atoms with Crippen molar-refractivity contribution in [3.05, 3.63) is 53.6 Å². The Morgan fingerprint density at radius 3 is 2.57 bits per heavy atom. The number of anilines is 1. The predicted molar refractivity (Wildman–Crippen MR) is 106 cm³/mol. The van der Waals surface area contributed by atoms with Crippen LogP contribution in [0.15, 0.2) is 47.4 Å². The smallest absolute Gasteiger partial charge is 0.264 e. The molecule has 1 atom stereocenters. The summed E-state index contributed by atoms with van der Waals surface area (Å²) in [6, 6.07) is 13.8. The average molecular weight is 398 g/mol. The molecule has 2 aromatic carbocycles. The van der Waals surface area contributed by atoms with E-state index in [-0.39, 0.29) is 30.1 Å². The van der Waals surface area contributed by atoms with Crippen LogP contribution in [0.4, 0.5) is 5.69 Å². The van der Waals surface area contributed by atoms with Crippen molar-refractivity contribution >= 4 is 21.5 Å². The second kappa shape index (κ2) is 8.03. The van der Waals surface area contributed by atoms with Gasteiger partial charge in [0.15, 0.2) is 0 Å². The molecule has 1 aliphatic rings. The fourth-order valence-corrected chi connectivity index (χ4v) is 4.94. The summed E-state index contributed by atoms with van der Waals surface area (Å²) in [6.45, 7) is 1.94. The third kappa shape index (κ3) is 3.73. The number of methoxy groups -OCH3 is 1. The Kier molecular flexibility index (Phi) is 5.71. The van der Waals surface area contributed by atoms with E-state index < -0.39 is 15.9 Å². The maximum atomic E-state index is 13.4. The number of ketones is 1. The molecule has 3 rings (SSSR count). The zero-order chi connectivity index (χ0) is 20.3. The molecule has 0 spiro atoms. The summed E-state index contributed by atoms with van der Waals surface area (Å²) in [4.78, 5) is 12.9. The van der Waals surface area contributed by atoms with Gasteiger partial charge in [0, 0.05) is 31.4 Å². The molecule has 6 nitrogen and oxygen atoms in total. The number of ether oxygens (including phenoxy) is 1. The molecule has 0 bridgehead atoms. The summed E-state index contributed by atoms with van der Waals surface area (Å²) in [7, 11) is -2.34. The average Bonchev–Trinajstić information content (AvgIpc) is 2.82. The Morgan fingerprint density at radius 2 is 1.93 bits per heavy atom. The summed E-state index contributed by atoms with van der Waals surface area (Å²) in [5, 5.41) is 8.95. The minimum atomic E-state index is -3.85. The van der Waals surface area contributed by atoms with E-state index in [1.807, 2.05) is 6.92 Å². The van der Waals surface area contributed by atoms with Crippen LogP contribution in [0.3, 0.4) is 0 Å². The summed E-state index contributed by atoms with van der Waals surface area (Å²) in [6.07, 6.45) is 0.692. The third-order valence-corrected chi connectivity index (χ3v) is 6.81. The van der Waals surface area contributed by atoms with Gasteiger partial charge in [-0.25, -0.2) is 8.42 Å². The van der Waals surface area contributed by atoms with Crippen molar-refractivity contribution in [2.75, 3.05) is 18.0 Å². The fourth-order valence-electron chi connectivity index (χ4n) is 3.45. The second-order valence-corrected chi connectivity index (χ2v) is 8.64. The van der Waals surface area contributed by atoms with Crippen LogP contribution >= 0.6 is 0 Å². The number of nitrogens with zero attached hydrogens (tertiary/aromatic N) is 2. The van der Waals surface area contributed by atoms with E-state index in [1.165, 1.54) is 11.4 Å². The van der Waals surface area contributed by atoms with Crippen molar-refractivity contribution in [2.45, 2.75) is 37.0 Å². The first kappa shape index (κ1) is 19.9. The maximum Gasteiger partial charge on any atom is 0.264 e. The van der Waals surface area contributed by atoms with Crippen LogP contribution < -0.4 is 9.04 Å². The Morgan fingerprint density at radius 1 is 1.21 bits per heavy atom. The van der Waals surface area contributed by atoms with Gasteiger partial charge in [0.05, 0.1) is 23.8 Å². The Bertz CT molecular complexity index is 1020. The first-order valence-electron chi connectivity index (χ1n) is 9.05. The topological polar surface area (TPSA) is 87.5 Å². The quantitative estimate of drug-likeness (QED) is 0.768. The molecule has 0 aliphatic carbocycles. The van der Waals surface area contributed by atoms with Crippen molar-refractivity contribution in [1.29, 1.82) is 5.26 Å². The zero-order valence-electron chi connectivity index (χ0n) is 15.9. The molecule has 1 heterocycles. The number of rotatable bonds is 5. The molecule has 0 radical (unpaired) electrons. The largest absolute Gasteiger partial charge is 0.497 e. The number of carbonyl (C=O) groups excluding carboxylic acids is 1. The van der Waals surface area contributed by atoms with E-state index in [9.17, 15) is 13.2 Å². The van der Waals surface area contributed by atoms with E-state index in [1.54, 1.807) is 42.5 Å². The number of nitriles is 1. The number of carbonyl (C=O) groups is 1. The second-order valence-electron chi connectivity index (χ2n) is 6.78. The first-order valence-corrected chi connectivity index (χ1v) is 10.5. The molecule has 0 N–H and O–H groups in total. The van der Waals surface area contributed by atoms with E-state index in [2.05, 4.69) is 6.07 Å². The predicted octanol–water partition coefficient (Wildman–Crippen LogP) is 3.56. The minimum absolute atomic E-state index is 0.0525. The van der Waals surface area contributed by atoms with Crippen molar-refractivity contribution in [2.24, 2.45) is 0 Å². The maximum absolute atomic E-state index is 13.4. The SMILES string of the molecule is COc1ccc2c(c1)N(S(=O)(=O)c1ccc(C)cc1)CCC(=O)C2CCC#N. The van der Waals surface area contributed by atoms with Gasteiger partial charge in [-0.2, -0.15) is 5.26 Å². The van der Waals surface area contributed by atoms with E-state index >= 15 is 0 Å². The molecular formula is C21H22N2O4S. The van der Waals surface area contributed by atoms with Gasteiger partial charge in [0.2, 0.25) is 0 Å². The number of sulfonamides is 1. The minimum Gasteiger partial charge on any atom is -0.497 e. The van der Waals surface area contributed by atoms with Gasteiger partial charge in [0.1, 0.15) is 11.5 Å². The molecule has 0 saturated heterocycles. The van der Waals surface area contributed by atoms with Gasteiger partial charge in [-0.05, 0) is 37.1 Å². The van der Waals surface area contributed by atoms with E-state index in [4.69, 9.17) is 10.00 Å². The number of hydrogen-bond acceptors (Lipinski definition) is 5. The van der Waals surface area contributed by atoms with Gasteiger partial charge < -0.3 is 4.74 Å². The molecular weight excluding hydrogens is 376 g/mol. The number of benzene rings is 2. The molecule has 1 unspecified atom stereocenters. The van der Waals surface area contributed by atoms with Crippen molar-refractivity contribution in [3.8, 4) is 11.8 Å². The molecule has 28 heavy (non-hydrogen) atoms. The molecule has 2 aromatic rings. The molecule has 1 aliphatic heterocycles. The number of Topliss-reactive ketones (excluding diaryl/α,β-unsaturated/α-hetero) is 1. The number of aryl methyl sites for hydroxylation is 1. The lowest BCUT2D eigenvalue weighted by molar-refractivity contribution is -0.120. The highest BCUT2D eigenvalue weighted by Crippen LogP contribution is 2.39. The van der Waals surface area contributed by atoms with Crippen molar-refractivity contribution in [3.63, 3.8) is 0 Å². The van der Waals surface area contributed by atoms with Crippen LogP contribution in [0.5, 0.6) is 5.75 Å².